The summed E-state index contributed by atoms with van der Waals surface area (Å²) < 4.78 is 0. The molecule has 15 rings (SSSR count). The van der Waals surface area contributed by atoms with Gasteiger partial charge in [0.1, 0.15) is 0 Å². The lowest BCUT2D eigenvalue weighted by molar-refractivity contribution is 0.660. The summed E-state index contributed by atoms with van der Waals surface area (Å²) in [5.41, 5.74) is 21.2. The van der Waals surface area contributed by atoms with E-state index in [2.05, 4.69) is 327 Å². The van der Waals surface area contributed by atoms with E-state index in [0.717, 1.165) is 34.1 Å². The van der Waals surface area contributed by atoms with Crippen molar-refractivity contribution < 1.29 is 0 Å². The molecular formula is C79H56N2. The topological polar surface area (TPSA) is 6.48 Å². The monoisotopic (exact) mass is 1030 g/mol. The summed E-state index contributed by atoms with van der Waals surface area (Å²) in [5.74, 6) is 0. The minimum absolute atomic E-state index is 0.337. The third-order valence-corrected chi connectivity index (χ3v) is 17.0. The fourth-order valence-corrected chi connectivity index (χ4v) is 12.9. The molecule has 0 radical (unpaired) electrons. The van der Waals surface area contributed by atoms with Crippen molar-refractivity contribution in [2.45, 2.75) is 19.3 Å². The van der Waals surface area contributed by atoms with E-state index in [-0.39, 0.29) is 5.41 Å². The largest absolute Gasteiger partial charge is 0.310 e. The fraction of sp³-hybridized carbons (Fsp3) is 0.0380. The number of anilines is 6. The summed E-state index contributed by atoms with van der Waals surface area (Å²) in [7, 11) is 0. The van der Waals surface area contributed by atoms with Gasteiger partial charge in [0.2, 0.25) is 0 Å². The molecule has 0 fully saturated rings. The molecular weight excluding hydrogens is 977 g/mol. The van der Waals surface area contributed by atoms with Gasteiger partial charge in [0, 0.05) is 38.9 Å². The first-order chi connectivity index (χ1) is 39.9. The normalized spacial score (nSPS) is 12.4. The molecule has 0 spiro atoms. The van der Waals surface area contributed by atoms with Crippen LogP contribution in [-0.4, -0.2) is 0 Å². The minimum Gasteiger partial charge on any atom is -0.310 e. The lowest BCUT2D eigenvalue weighted by Gasteiger charge is -2.30. The van der Waals surface area contributed by atoms with Crippen molar-refractivity contribution >= 4 is 77.2 Å². The van der Waals surface area contributed by atoms with E-state index in [1.165, 1.54) is 110 Å². The van der Waals surface area contributed by atoms with E-state index in [9.17, 15) is 0 Å². The number of nitrogens with zero attached hydrogens (tertiary/aromatic N) is 2. The first-order valence-electron chi connectivity index (χ1n) is 28.1. The predicted molar refractivity (Wildman–Crippen MR) is 345 cm³/mol. The van der Waals surface area contributed by atoms with Crippen molar-refractivity contribution in [1.82, 2.24) is 0 Å². The van der Waals surface area contributed by atoms with E-state index in [4.69, 9.17) is 0 Å². The molecule has 2 heteroatoms. The van der Waals surface area contributed by atoms with Gasteiger partial charge in [0.15, 0.2) is 0 Å². The van der Waals surface area contributed by atoms with E-state index in [1.54, 1.807) is 0 Å². The van der Waals surface area contributed by atoms with Crippen LogP contribution in [0.3, 0.4) is 0 Å². The van der Waals surface area contributed by atoms with Gasteiger partial charge in [-0.2, -0.15) is 0 Å². The molecule has 0 aromatic heterocycles. The second-order valence-corrected chi connectivity index (χ2v) is 22.1. The summed E-state index contributed by atoms with van der Waals surface area (Å²) in [4.78, 5) is 4.96. The number of benzene rings is 14. The quantitative estimate of drug-likeness (QED) is 0.126. The Labute approximate surface area is 473 Å². The number of fused-ring (bicyclic) bond motifs is 9. The smallest absolute Gasteiger partial charge is 0.0546 e. The number of rotatable bonds is 10. The summed E-state index contributed by atoms with van der Waals surface area (Å²) in [5, 5.41) is 9.82. The molecule has 0 saturated heterocycles. The van der Waals surface area contributed by atoms with E-state index >= 15 is 0 Å². The highest BCUT2D eigenvalue weighted by Gasteiger charge is 2.37. The van der Waals surface area contributed by atoms with Crippen molar-refractivity contribution in [2.24, 2.45) is 0 Å². The SMILES string of the molecule is CC1(C)c2cc(N(c3ccc(-c4ccc(-c5ccccc5)cc4)cc3)c3cc4ccccc4c4ccccc34)ccc2-c2ccc(N(c3ccc(-c4ccc(-c5ccccc5)cc4)cc3)c3cc4ccccc4c4ccccc34)cc21. The highest BCUT2D eigenvalue weighted by Crippen LogP contribution is 2.54. The molecule has 14 aromatic carbocycles. The number of hydrogen-bond donors (Lipinski definition) is 0. The molecule has 1 aliphatic rings. The zero-order chi connectivity index (χ0) is 54.0. The van der Waals surface area contributed by atoms with Crippen LogP contribution < -0.4 is 9.80 Å². The molecule has 0 N–H and O–H groups in total. The summed E-state index contributed by atoms with van der Waals surface area (Å²) in [6.45, 7) is 4.82. The molecule has 1 aliphatic carbocycles. The summed E-state index contributed by atoms with van der Waals surface area (Å²) in [6, 6.07) is 112. The first kappa shape index (κ1) is 47.9. The van der Waals surface area contributed by atoms with Gasteiger partial charge in [-0.3, -0.25) is 0 Å². The van der Waals surface area contributed by atoms with Crippen LogP contribution in [0.5, 0.6) is 0 Å². The van der Waals surface area contributed by atoms with Crippen LogP contribution in [0.1, 0.15) is 25.0 Å². The van der Waals surface area contributed by atoms with Gasteiger partial charge in [-0.25, -0.2) is 0 Å². The van der Waals surface area contributed by atoms with Gasteiger partial charge < -0.3 is 9.80 Å². The highest BCUT2D eigenvalue weighted by molar-refractivity contribution is 6.16. The van der Waals surface area contributed by atoms with E-state index in [0.29, 0.717) is 0 Å². The molecule has 0 amide bonds. The Bertz CT molecular complexity index is 4380. The van der Waals surface area contributed by atoms with Gasteiger partial charge in [0.25, 0.3) is 0 Å². The molecule has 0 saturated carbocycles. The van der Waals surface area contributed by atoms with Crippen LogP contribution >= 0.6 is 0 Å². The van der Waals surface area contributed by atoms with Crippen molar-refractivity contribution in [3.63, 3.8) is 0 Å². The lowest BCUT2D eigenvalue weighted by atomic mass is 9.82. The molecule has 81 heavy (non-hydrogen) atoms. The molecule has 0 heterocycles. The summed E-state index contributed by atoms with van der Waals surface area (Å²) in [6.07, 6.45) is 0. The molecule has 14 aromatic rings. The molecule has 0 unspecified atom stereocenters. The Balaban J connectivity index is 0.840. The maximum Gasteiger partial charge on any atom is 0.0546 e. The third kappa shape index (κ3) is 8.35. The van der Waals surface area contributed by atoms with Crippen molar-refractivity contribution in [2.75, 3.05) is 9.80 Å². The van der Waals surface area contributed by atoms with E-state index in [1.807, 2.05) is 0 Å². The van der Waals surface area contributed by atoms with Crippen LogP contribution in [-0.2, 0) is 5.41 Å². The van der Waals surface area contributed by atoms with Crippen LogP contribution in [0.25, 0.3) is 98.7 Å². The average Bonchev–Trinajstić information content (AvgIpc) is 3.91. The van der Waals surface area contributed by atoms with Gasteiger partial charge >= 0.3 is 0 Å². The molecule has 0 aliphatic heterocycles. The van der Waals surface area contributed by atoms with Crippen molar-refractivity contribution in [3.05, 3.63) is 314 Å². The van der Waals surface area contributed by atoms with Crippen LogP contribution in [0.4, 0.5) is 34.1 Å². The third-order valence-electron chi connectivity index (χ3n) is 17.0. The maximum absolute atomic E-state index is 2.48. The standard InChI is InChI=1S/C79H56N2/c1-79(2)75-51-65(80(77-49-61-21-9-11-23-67(61)69-25-13-15-27-73(69)77)63-41-37-59(38-42-63)57-33-29-55(30-34-57)53-17-5-3-6-18-53)45-47-71(75)72-48-46-66(52-76(72)79)81(78-50-62-22-10-12-24-68(62)70-26-14-16-28-74(70)78)64-43-39-60(40-44-64)58-35-31-56(32-36-58)54-19-7-4-8-20-54/h3-52H,1-2H3. The minimum atomic E-state index is -0.337. The predicted octanol–water partition coefficient (Wildman–Crippen LogP) is 22.2. The fourth-order valence-electron chi connectivity index (χ4n) is 12.9. The Morgan fingerprint density at radius 1 is 0.222 bits per heavy atom. The molecule has 2 nitrogen and oxygen atoms in total. The molecule has 0 atom stereocenters. The second-order valence-electron chi connectivity index (χ2n) is 22.1. The average molecular weight is 1030 g/mol. The van der Waals surface area contributed by atoms with Crippen LogP contribution in [0.2, 0.25) is 0 Å². The van der Waals surface area contributed by atoms with Gasteiger partial charge in [0.05, 0.1) is 11.4 Å². The zero-order valence-corrected chi connectivity index (χ0v) is 45.3. The van der Waals surface area contributed by atoms with Gasteiger partial charge in [-0.1, -0.05) is 257 Å². The Hall–Kier alpha value is -10.3. The Morgan fingerprint density at radius 2 is 0.494 bits per heavy atom. The first-order valence-corrected chi connectivity index (χ1v) is 28.1. The molecule has 0 bridgehead atoms. The zero-order valence-electron chi connectivity index (χ0n) is 45.3. The second kappa shape index (κ2) is 19.6. The lowest BCUT2D eigenvalue weighted by Crippen LogP contribution is -2.18. The number of hydrogen-bond acceptors (Lipinski definition) is 2. The summed E-state index contributed by atoms with van der Waals surface area (Å²) >= 11 is 0. The maximum atomic E-state index is 2.48. The molecule has 382 valence electrons. The highest BCUT2D eigenvalue weighted by atomic mass is 15.2. The Kier molecular flexibility index (Phi) is 11.6. The van der Waals surface area contributed by atoms with Gasteiger partial charge in [-0.15, -0.1) is 0 Å². The van der Waals surface area contributed by atoms with E-state index < -0.39 is 0 Å². The van der Waals surface area contributed by atoms with Crippen LogP contribution in [0, 0.1) is 0 Å². The Morgan fingerprint density at radius 3 is 0.852 bits per heavy atom. The van der Waals surface area contributed by atoms with Crippen LogP contribution in [0.15, 0.2) is 303 Å². The van der Waals surface area contributed by atoms with Crippen molar-refractivity contribution in [1.29, 1.82) is 0 Å². The van der Waals surface area contributed by atoms with Crippen molar-refractivity contribution in [3.8, 4) is 55.6 Å². The van der Waals surface area contributed by atoms with Gasteiger partial charge in [-0.05, 0) is 160 Å².